The van der Waals surface area contributed by atoms with Gasteiger partial charge in [0, 0.05) is 24.5 Å². The Balaban J connectivity index is 2.45. The lowest BCUT2D eigenvalue weighted by Gasteiger charge is -2.17. The molecule has 1 atom stereocenters. The fourth-order valence-electron chi connectivity index (χ4n) is 1.77. The summed E-state index contributed by atoms with van der Waals surface area (Å²) in [6, 6.07) is 0.578. The molecule has 0 aliphatic heterocycles. The Morgan fingerprint density at radius 3 is 2.82 bits per heavy atom. The lowest BCUT2D eigenvalue weighted by atomic mass is 10.1. The summed E-state index contributed by atoms with van der Waals surface area (Å²) in [7, 11) is 0. The maximum Gasteiger partial charge on any atom is 0.0522 e. The molecule has 0 amide bonds. The van der Waals surface area contributed by atoms with Crippen LogP contribution in [0.1, 0.15) is 32.8 Å². The smallest absolute Gasteiger partial charge is 0.0522 e. The van der Waals surface area contributed by atoms with Crippen molar-refractivity contribution in [1.82, 2.24) is 15.1 Å². The zero-order valence-corrected chi connectivity index (χ0v) is 12.1. The van der Waals surface area contributed by atoms with E-state index in [0.29, 0.717) is 6.04 Å². The Bertz CT molecular complexity index is 291. The van der Waals surface area contributed by atoms with Gasteiger partial charge >= 0.3 is 0 Å². The molecule has 0 aliphatic rings. The van der Waals surface area contributed by atoms with Crippen LogP contribution in [0.3, 0.4) is 0 Å². The predicted molar refractivity (Wildman–Crippen MR) is 76.7 cm³/mol. The first-order chi connectivity index (χ1) is 8.30. The highest BCUT2D eigenvalue weighted by atomic mass is 32.2. The van der Waals surface area contributed by atoms with E-state index < -0.39 is 0 Å². The Morgan fingerprint density at radius 1 is 1.41 bits per heavy atom. The van der Waals surface area contributed by atoms with Gasteiger partial charge in [0.05, 0.1) is 6.20 Å². The van der Waals surface area contributed by atoms with E-state index in [1.54, 1.807) is 0 Å². The van der Waals surface area contributed by atoms with E-state index >= 15 is 0 Å². The first-order valence-corrected chi connectivity index (χ1v) is 7.78. The summed E-state index contributed by atoms with van der Waals surface area (Å²) < 4.78 is 2.00. The number of nitrogens with one attached hydrogen (secondary N) is 1. The highest BCUT2D eigenvalue weighted by Gasteiger charge is 2.09. The zero-order chi connectivity index (χ0) is 12.5. The lowest BCUT2D eigenvalue weighted by molar-refractivity contribution is 0.549. The summed E-state index contributed by atoms with van der Waals surface area (Å²) in [4.78, 5) is 0. The number of aromatic nitrogens is 2. The normalized spacial score (nSPS) is 12.9. The molecule has 0 fully saturated rings. The van der Waals surface area contributed by atoms with Crippen LogP contribution in [0.15, 0.2) is 12.4 Å². The summed E-state index contributed by atoms with van der Waals surface area (Å²) in [5.74, 6) is 2.38. The van der Waals surface area contributed by atoms with Crippen molar-refractivity contribution in [2.75, 3.05) is 18.1 Å². The molecule has 0 bridgehead atoms. The second-order valence-corrected chi connectivity index (χ2v) is 5.54. The lowest BCUT2D eigenvalue weighted by Crippen LogP contribution is -2.34. The predicted octanol–water partition coefficient (Wildman–Crippen LogP) is 2.57. The molecule has 1 aromatic rings. The summed E-state index contributed by atoms with van der Waals surface area (Å²) in [6.45, 7) is 8.62. The van der Waals surface area contributed by atoms with E-state index in [-0.39, 0.29) is 0 Å². The molecule has 0 saturated heterocycles. The van der Waals surface area contributed by atoms with Gasteiger partial charge in [-0.2, -0.15) is 16.9 Å². The summed E-state index contributed by atoms with van der Waals surface area (Å²) in [5, 5.41) is 7.95. The SMILES string of the molecule is CCCNC(CSCC)Cc1cnn(CC)c1. The molecule has 1 aromatic heterocycles. The fraction of sp³-hybridized carbons (Fsp3) is 0.769. The molecule has 4 heteroatoms. The molecule has 0 radical (unpaired) electrons. The molecule has 3 nitrogen and oxygen atoms in total. The number of rotatable bonds is 9. The van der Waals surface area contributed by atoms with Crippen molar-refractivity contribution >= 4 is 11.8 Å². The topological polar surface area (TPSA) is 29.9 Å². The molecule has 1 heterocycles. The van der Waals surface area contributed by atoms with Crippen molar-refractivity contribution in [2.45, 2.75) is 46.2 Å². The third-order valence-electron chi connectivity index (χ3n) is 2.70. The van der Waals surface area contributed by atoms with Gasteiger partial charge in [-0.25, -0.2) is 0 Å². The minimum atomic E-state index is 0.578. The summed E-state index contributed by atoms with van der Waals surface area (Å²) in [5.41, 5.74) is 1.34. The number of thioether (sulfide) groups is 1. The van der Waals surface area contributed by atoms with Crippen LogP contribution in [0.4, 0.5) is 0 Å². The van der Waals surface area contributed by atoms with Crippen molar-refractivity contribution in [2.24, 2.45) is 0 Å². The van der Waals surface area contributed by atoms with Crippen molar-refractivity contribution in [1.29, 1.82) is 0 Å². The second kappa shape index (κ2) is 8.59. The number of nitrogens with zero attached hydrogens (tertiary/aromatic N) is 2. The summed E-state index contributed by atoms with van der Waals surface area (Å²) >= 11 is 2.01. The maximum absolute atomic E-state index is 4.33. The Morgan fingerprint density at radius 2 is 2.24 bits per heavy atom. The van der Waals surface area contributed by atoms with Crippen molar-refractivity contribution < 1.29 is 0 Å². The third kappa shape index (κ3) is 5.59. The van der Waals surface area contributed by atoms with Crippen molar-refractivity contribution in [3.05, 3.63) is 18.0 Å². The fourth-order valence-corrected chi connectivity index (χ4v) is 2.52. The summed E-state index contributed by atoms with van der Waals surface area (Å²) in [6.07, 6.45) is 6.45. The standard InChI is InChI=1S/C13H25N3S/c1-4-7-14-13(11-17-6-3)8-12-9-15-16(5-2)10-12/h9-10,13-14H,4-8,11H2,1-3H3. The number of aryl methyl sites for hydroxylation is 1. The Labute approximate surface area is 109 Å². The quantitative estimate of drug-likeness (QED) is 0.735. The largest absolute Gasteiger partial charge is 0.313 e. The second-order valence-electron chi connectivity index (χ2n) is 4.22. The molecule has 0 saturated carbocycles. The van der Waals surface area contributed by atoms with Crippen LogP contribution in [-0.4, -0.2) is 33.9 Å². The maximum atomic E-state index is 4.33. The minimum Gasteiger partial charge on any atom is -0.313 e. The third-order valence-corrected chi connectivity index (χ3v) is 3.75. The molecule has 1 rings (SSSR count). The van der Waals surface area contributed by atoms with Gasteiger partial charge in [-0.3, -0.25) is 4.68 Å². The molecule has 17 heavy (non-hydrogen) atoms. The first kappa shape index (κ1) is 14.6. The van der Waals surface area contributed by atoms with Gasteiger partial charge in [-0.1, -0.05) is 13.8 Å². The van der Waals surface area contributed by atoms with Crippen LogP contribution >= 0.6 is 11.8 Å². The van der Waals surface area contributed by atoms with Gasteiger partial charge < -0.3 is 5.32 Å². The molecular weight excluding hydrogens is 230 g/mol. The van der Waals surface area contributed by atoms with Crippen molar-refractivity contribution in [3.8, 4) is 0 Å². The van der Waals surface area contributed by atoms with Crippen LogP contribution in [0.2, 0.25) is 0 Å². The van der Waals surface area contributed by atoms with Gasteiger partial charge in [-0.05, 0) is 37.6 Å². The van der Waals surface area contributed by atoms with Gasteiger partial charge in [0.1, 0.15) is 0 Å². The number of hydrogen-bond acceptors (Lipinski definition) is 3. The highest BCUT2D eigenvalue weighted by Crippen LogP contribution is 2.08. The molecule has 0 aromatic carbocycles. The van der Waals surface area contributed by atoms with E-state index in [2.05, 4.69) is 37.4 Å². The van der Waals surface area contributed by atoms with E-state index in [1.807, 2.05) is 22.6 Å². The monoisotopic (exact) mass is 255 g/mol. The van der Waals surface area contributed by atoms with Gasteiger partial charge in [0.2, 0.25) is 0 Å². The molecule has 0 aliphatic carbocycles. The molecule has 98 valence electrons. The van der Waals surface area contributed by atoms with E-state index in [0.717, 1.165) is 19.5 Å². The van der Waals surface area contributed by atoms with Crippen LogP contribution < -0.4 is 5.32 Å². The van der Waals surface area contributed by atoms with Gasteiger partial charge in [-0.15, -0.1) is 0 Å². The zero-order valence-electron chi connectivity index (χ0n) is 11.3. The van der Waals surface area contributed by atoms with Crippen LogP contribution in [0.5, 0.6) is 0 Å². The van der Waals surface area contributed by atoms with Crippen LogP contribution in [0.25, 0.3) is 0 Å². The van der Waals surface area contributed by atoms with Crippen LogP contribution in [-0.2, 0) is 13.0 Å². The first-order valence-electron chi connectivity index (χ1n) is 6.62. The van der Waals surface area contributed by atoms with Crippen LogP contribution in [0, 0.1) is 0 Å². The average Bonchev–Trinajstić information content (AvgIpc) is 2.80. The van der Waals surface area contributed by atoms with E-state index in [4.69, 9.17) is 0 Å². The Kier molecular flexibility index (Phi) is 7.37. The van der Waals surface area contributed by atoms with E-state index in [1.165, 1.54) is 23.5 Å². The Hall–Kier alpha value is -0.480. The molecule has 1 N–H and O–H groups in total. The highest BCUT2D eigenvalue weighted by molar-refractivity contribution is 7.99. The average molecular weight is 255 g/mol. The number of hydrogen-bond donors (Lipinski definition) is 1. The molecular formula is C13H25N3S. The van der Waals surface area contributed by atoms with Gasteiger partial charge in [0.25, 0.3) is 0 Å². The molecule has 0 spiro atoms. The molecule has 1 unspecified atom stereocenters. The van der Waals surface area contributed by atoms with Gasteiger partial charge in [0.15, 0.2) is 0 Å². The van der Waals surface area contributed by atoms with E-state index in [9.17, 15) is 0 Å². The minimum absolute atomic E-state index is 0.578. The van der Waals surface area contributed by atoms with Crippen molar-refractivity contribution in [3.63, 3.8) is 0 Å².